The van der Waals surface area contributed by atoms with E-state index in [2.05, 4.69) is 20.0 Å². The summed E-state index contributed by atoms with van der Waals surface area (Å²) in [7, 11) is -2.19. The number of alkyl halides is 3. The number of nitrogens with zero attached hydrogens (tertiary/aromatic N) is 4. The number of anilines is 1. The minimum atomic E-state index is -4.38. The van der Waals surface area contributed by atoms with Crippen LogP contribution in [0.3, 0.4) is 0 Å². The lowest BCUT2D eigenvalue weighted by molar-refractivity contribution is -0.137. The molecule has 2 aromatic carbocycles. The van der Waals surface area contributed by atoms with Crippen molar-refractivity contribution in [3.63, 3.8) is 0 Å². The average Bonchev–Trinajstić information content (AvgIpc) is 3.38. The Balaban J connectivity index is 1.50. The summed E-state index contributed by atoms with van der Waals surface area (Å²) >= 11 is 0. The van der Waals surface area contributed by atoms with E-state index in [0.29, 0.717) is 24.1 Å². The summed E-state index contributed by atoms with van der Waals surface area (Å²) in [5, 5.41) is 11.8. The third-order valence-corrected chi connectivity index (χ3v) is 6.26. The lowest BCUT2D eigenvalue weighted by atomic mass is 10.0. The van der Waals surface area contributed by atoms with E-state index in [0.717, 1.165) is 17.7 Å². The molecule has 2 heterocycles. The van der Waals surface area contributed by atoms with Gasteiger partial charge in [-0.25, -0.2) is 13.1 Å². The Morgan fingerprint density at radius 1 is 1.00 bits per heavy atom. The molecule has 0 fully saturated rings. The molecule has 0 unspecified atom stereocenters. The topological polar surface area (TPSA) is 103 Å². The molecule has 4 aromatic rings. The van der Waals surface area contributed by atoms with Gasteiger partial charge in [-0.2, -0.15) is 18.3 Å². The van der Waals surface area contributed by atoms with Gasteiger partial charge in [-0.3, -0.25) is 4.68 Å². The Bertz CT molecular complexity index is 1350. The Hall–Kier alpha value is -3.67. The number of halogens is 3. The standard InChI is InChI=1S/C21H18F3N5O3S/c1-29-18(12-9-14-7-10-15(11-8-14)21(22,23)24)17(13-25-29)19-26-27-20(32-19)28-33(30,31)16-5-3-2-4-6-16/h2-8,10-11,13H,9,12H2,1H3,(H,27,28). The van der Waals surface area contributed by atoms with Gasteiger partial charge in [0.15, 0.2) is 0 Å². The van der Waals surface area contributed by atoms with Crippen molar-refractivity contribution in [2.75, 3.05) is 4.72 Å². The molecule has 33 heavy (non-hydrogen) atoms. The minimum Gasteiger partial charge on any atom is -0.403 e. The highest BCUT2D eigenvalue weighted by molar-refractivity contribution is 7.92. The molecule has 0 saturated heterocycles. The first-order valence-corrected chi connectivity index (χ1v) is 11.2. The number of rotatable bonds is 7. The minimum absolute atomic E-state index is 0.0448. The smallest absolute Gasteiger partial charge is 0.403 e. The van der Waals surface area contributed by atoms with Crippen molar-refractivity contribution < 1.29 is 26.0 Å². The van der Waals surface area contributed by atoms with Crippen LogP contribution in [0.15, 0.2) is 70.1 Å². The van der Waals surface area contributed by atoms with Crippen molar-refractivity contribution in [1.29, 1.82) is 0 Å². The lowest BCUT2D eigenvalue weighted by Gasteiger charge is -2.08. The molecule has 12 heteroatoms. The van der Waals surface area contributed by atoms with Gasteiger partial charge < -0.3 is 4.42 Å². The van der Waals surface area contributed by atoms with Crippen LogP contribution in [-0.2, 0) is 36.1 Å². The Kier molecular flexibility index (Phi) is 5.93. The molecule has 0 aliphatic rings. The van der Waals surface area contributed by atoms with Gasteiger partial charge in [0.05, 0.1) is 27.9 Å². The highest BCUT2D eigenvalue weighted by atomic mass is 32.2. The molecular formula is C21H18F3N5O3S. The average molecular weight is 477 g/mol. The van der Waals surface area contributed by atoms with E-state index in [1.807, 2.05) is 0 Å². The SMILES string of the molecule is Cn1ncc(-c2nnc(NS(=O)(=O)c3ccccc3)o2)c1CCc1ccc(C(F)(F)F)cc1. The van der Waals surface area contributed by atoms with Gasteiger partial charge in [0, 0.05) is 7.05 Å². The second-order valence-corrected chi connectivity index (χ2v) is 8.84. The van der Waals surface area contributed by atoms with Crippen molar-refractivity contribution in [3.05, 3.63) is 77.6 Å². The van der Waals surface area contributed by atoms with Crippen molar-refractivity contribution in [2.24, 2.45) is 7.05 Å². The Morgan fingerprint density at radius 3 is 2.36 bits per heavy atom. The van der Waals surface area contributed by atoms with E-state index in [1.54, 1.807) is 29.9 Å². The summed E-state index contributed by atoms with van der Waals surface area (Å²) in [5.74, 6) is 0.0660. The van der Waals surface area contributed by atoms with Crippen LogP contribution in [0.25, 0.3) is 11.5 Å². The molecule has 0 radical (unpaired) electrons. The molecule has 0 aliphatic heterocycles. The number of nitrogens with one attached hydrogen (secondary N) is 1. The summed E-state index contributed by atoms with van der Waals surface area (Å²) in [6.07, 6.45) is -1.99. The zero-order valence-corrected chi connectivity index (χ0v) is 18.1. The first-order chi connectivity index (χ1) is 15.6. The number of hydrogen-bond donors (Lipinski definition) is 1. The maximum Gasteiger partial charge on any atom is 0.416 e. The van der Waals surface area contributed by atoms with Crippen molar-refractivity contribution in [2.45, 2.75) is 23.9 Å². The summed E-state index contributed by atoms with van der Waals surface area (Å²) in [6, 6.07) is 12.4. The molecule has 8 nitrogen and oxygen atoms in total. The fraction of sp³-hybridized carbons (Fsp3) is 0.190. The fourth-order valence-corrected chi connectivity index (χ4v) is 4.15. The lowest BCUT2D eigenvalue weighted by Crippen LogP contribution is -2.12. The second kappa shape index (κ2) is 8.70. The second-order valence-electron chi connectivity index (χ2n) is 7.15. The van der Waals surface area contributed by atoms with Crippen molar-refractivity contribution in [3.8, 4) is 11.5 Å². The van der Waals surface area contributed by atoms with E-state index in [9.17, 15) is 21.6 Å². The molecule has 0 aliphatic carbocycles. The highest BCUT2D eigenvalue weighted by Gasteiger charge is 2.30. The summed E-state index contributed by atoms with van der Waals surface area (Å²) in [5.41, 5.74) is 1.22. The largest absolute Gasteiger partial charge is 0.416 e. The van der Waals surface area contributed by atoms with E-state index in [4.69, 9.17) is 4.42 Å². The predicted molar refractivity (Wildman–Crippen MR) is 113 cm³/mol. The highest BCUT2D eigenvalue weighted by Crippen LogP contribution is 2.30. The quantitative estimate of drug-likeness (QED) is 0.430. The van der Waals surface area contributed by atoms with Crippen LogP contribution < -0.4 is 4.72 Å². The molecule has 2 aromatic heterocycles. The van der Waals surface area contributed by atoms with Gasteiger partial charge in [-0.05, 0) is 42.7 Å². The molecular weight excluding hydrogens is 459 g/mol. The first-order valence-electron chi connectivity index (χ1n) is 9.72. The predicted octanol–water partition coefficient (Wildman–Crippen LogP) is 4.07. The van der Waals surface area contributed by atoms with E-state index >= 15 is 0 Å². The molecule has 4 rings (SSSR count). The molecule has 0 atom stereocenters. The van der Waals surface area contributed by atoms with Crippen molar-refractivity contribution in [1.82, 2.24) is 20.0 Å². The van der Waals surface area contributed by atoms with Gasteiger partial charge in [0.25, 0.3) is 15.9 Å². The number of aryl methyl sites for hydroxylation is 2. The van der Waals surface area contributed by atoms with Gasteiger partial charge in [-0.1, -0.05) is 35.4 Å². The van der Waals surface area contributed by atoms with Crippen LogP contribution in [0.4, 0.5) is 19.2 Å². The van der Waals surface area contributed by atoms with Crippen LogP contribution in [0.5, 0.6) is 0 Å². The van der Waals surface area contributed by atoms with Crippen LogP contribution in [-0.4, -0.2) is 28.4 Å². The third kappa shape index (κ3) is 5.06. The summed E-state index contributed by atoms with van der Waals surface area (Å²) in [4.78, 5) is 0.0448. The van der Waals surface area contributed by atoms with Crippen LogP contribution in [0.1, 0.15) is 16.8 Å². The van der Waals surface area contributed by atoms with Crippen LogP contribution in [0, 0.1) is 0 Å². The Morgan fingerprint density at radius 2 is 1.70 bits per heavy atom. The molecule has 0 bridgehead atoms. The zero-order chi connectivity index (χ0) is 23.6. The third-order valence-electron chi connectivity index (χ3n) is 4.92. The number of aromatic nitrogens is 4. The van der Waals surface area contributed by atoms with Crippen molar-refractivity contribution >= 4 is 16.0 Å². The summed E-state index contributed by atoms with van der Waals surface area (Å²) in [6.45, 7) is 0. The molecule has 0 saturated carbocycles. The first kappa shape index (κ1) is 22.5. The number of hydrogen-bond acceptors (Lipinski definition) is 6. The zero-order valence-electron chi connectivity index (χ0n) is 17.2. The van der Waals surface area contributed by atoms with Gasteiger partial charge >= 0.3 is 12.2 Å². The normalized spacial score (nSPS) is 12.1. The molecule has 172 valence electrons. The van der Waals surface area contributed by atoms with E-state index < -0.39 is 21.8 Å². The van der Waals surface area contributed by atoms with Gasteiger partial charge in [0.2, 0.25) is 0 Å². The van der Waals surface area contributed by atoms with E-state index in [-0.39, 0.29) is 16.8 Å². The monoisotopic (exact) mass is 477 g/mol. The van der Waals surface area contributed by atoms with Gasteiger partial charge in [0.1, 0.15) is 0 Å². The van der Waals surface area contributed by atoms with Crippen LogP contribution >= 0.6 is 0 Å². The maximum atomic E-state index is 12.7. The number of benzene rings is 2. The number of sulfonamides is 1. The molecule has 0 amide bonds. The Labute approximate surface area is 187 Å². The summed E-state index contributed by atoms with van der Waals surface area (Å²) < 4.78 is 72.4. The molecule has 1 N–H and O–H groups in total. The van der Waals surface area contributed by atoms with E-state index in [1.165, 1.54) is 30.5 Å². The van der Waals surface area contributed by atoms with Gasteiger partial charge in [-0.15, -0.1) is 5.10 Å². The van der Waals surface area contributed by atoms with Crippen LogP contribution in [0.2, 0.25) is 0 Å². The fourth-order valence-electron chi connectivity index (χ4n) is 3.21. The molecule has 0 spiro atoms. The maximum absolute atomic E-state index is 12.7.